The highest BCUT2D eigenvalue weighted by atomic mass is 35.5. The lowest BCUT2D eigenvalue weighted by Gasteiger charge is -2.50. The summed E-state index contributed by atoms with van der Waals surface area (Å²) in [7, 11) is 0. The van der Waals surface area contributed by atoms with Crippen LogP contribution in [0.25, 0.3) is 0 Å². The Kier molecular flexibility index (Phi) is 6.55. The number of hydrogen-bond donors (Lipinski definition) is 1. The first kappa shape index (κ1) is 24.4. The number of piperazine rings is 1. The topological polar surface area (TPSA) is 35.6 Å². The predicted molar refractivity (Wildman–Crippen MR) is 132 cm³/mol. The van der Waals surface area contributed by atoms with E-state index in [1.165, 1.54) is 18.2 Å². The number of nitrogens with one attached hydrogen (secondary N) is 1. The maximum absolute atomic E-state index is 13.6. The molecular weight excluding hydrogens is 494 g/mol. The maximum Gasteiger partial charge on any atom is 0.416 e. The number of halogens is 5. The van der Waals surface area contributed by atoms with Crippen LogP contribution >= 0.6 is 11.6 Å². The van der Waals surface area contributed by atoms with Crippen LogP contribution in [0, 0.1) is 11.7 Å². The van der Waals surface area contributed by atoms with Crippen molar-refractivity contribution >= 4 is 28.9 Å². The summed E-state index contributed by atoms with van der Waals surface area (Å²) in [5, 5.41) is 3.47. The zero-order valence-corrected chi connectivity index (χ0v) is 20.0. The summed E-state index contributed by atoms with van der Waals surface area (Å²) in [5.74, 6) is -1.28. The van der Waals surface area contributed by atoms with E-state index in [9.17, 15) is 22.4 Å². The Morgan fingerprint density at radius 3 is 2.56 bits per heavy atom. The molecule has 9 heteroatoms. The lowest BCUT2D eigenvalue weighted by atomic mass is 9.82. The van der Waals surface area contributed by atoms with Gasteiger partial charge in [-0.1, -0.05) is 35.9 Å². The van der Waals surface area contributed by atoms with Gasteiger partial charge in [-0.15, -0.1) is 0 Å². The summed E-state index contributed by atoms with van der Waals surface area (Å²) in [6.45, 7) is 1.76. The molecule has 0 aliphatic carbocycles. The van der Waals surface area contributed by atoms with Crippen molar-refractivity contribution in [1.82, 2.24) is 5.32 Å². The van der Waals surface area contributed by atoms with E-state index >= 15 is 0 Å². The van der Waals surface area contributed by atoms with E-state index in [1.54, 1.807) is 18.2 Å². The molecular formula is C27H24ClF4N3O. The molecule has 1 saturated heterocycles. The summed E-state index contributed by atoms with van der Waals surface area (Å²) in [6, 6.07) is 16.9. The van der Waals surface area contributed by atoms with Crippen LogP contribution in [0.15, 0.2) is 66.7 Å². The molecule has 5 rings (SSSR count). The zero-order valence-electron chi connectivity index (χ0n) is 19.2. The molecule has 1 N–H and O–H groups in total. The van der Waals surface area contributed by atoms with Gasteiger partial charge in [0.05, 0.1) is 28.2 Å². The van der Waals surface area contributed by atoms with Gasteiger partial charge in [-0.3, -0.25) is 4.79 Å². The summed E-state index contributed by atoms with van der Waals surface area (Å²) in [5.41, 5.74) is 1.96. The van der Waals surface area contributed by atoms with Crippen molar-refractivity contribution in [2.45, 2.75) is 25.2 Å². The van der Waals surface area contributed by atoms with Crippen LogP contribution in [0.3, 0.4) is 0 Å². The van der Waals surface area contributed by atoms with Gasteiger partial charge in [-0.2, -0.15) is 13.2 Å². The van der Waals surface area contributed by atoms with E-state index in [-0.39, 0.29) is 24.9 Å². The van der Waals surface area contributed by atoms with Crippen LogP contribution in [0.1, 0.15) is 16.7 Å². The fourth-order valence-electron chi connectivity index (χ4n) is 5.19. The minimum absolute atomic E-state index is 0.128. The summed E-state index contributed by atoms with van der Waals surface area (Å²) < 4.78 is 53.8. The molecule has 3 aromatic carbocycles. The number of nitrogens with zero attached hydrogens (tertiary/aromatic N) is 2. The third kappa shape index (κ3) is 4.87. The molecule has 0 radical (unpaired) electrons. The fourth-order valence-corrected chi connectivity index (χ4v) is 5.45. The number of para-hydroxylation sites is 1. The molecule has 188 valence electrons. The van der Waals surface area contributed by atoms with Crippen molar-refractivity contribution in [3.8, 4) is 0 Å². The Hall–Kier alpha value is -3.26. The summed E-state index contributed by atoms with van der Waals surface area (Å²) >= 11 is 6.43. The number of anilines is 2. The first-order valence-electron chi connectivity index (χ1n) is 11.7. The molecule has 0 bridgehead atoms. The van der Waals surface area contributed by atoms with Gasteiger partial charge >= 0.3 is 6.18 Å². The second-order valence-electron chi connectivity index (χ2n) is 9.16. The molecule has 2 atom stereocenters. The van der Waals surface area contributed by atoms with Crippen molar-refractivity contribution in [3.63, 3.8) is 0 Å². The normalized spacial score (nSPS) is 19.5. The molecule has 3 aromatic rings. The van der Waals surface area contributed by atoms with Crippen molar-refractivity contribution in [1.29, 1.82) is 0 Å². The van der Waals surface area contributed by atoms with Crippen LogP contribution in [-0.4, -0.2) is 31.6 Å². The predicted octanol–water partition coefficient (Wildman–Crippen LogP) is 5.68. The summed E-state index contributed by atoms with van der Waals surface area (Å²) in [4.78, 5) is 17.6. The molecule has 36 heavy (non-hydrogen) atoms. The quantitative estimate of drug-likeness (QED) is 0.452. The standard InChI is InChI=1S/C27H24ClF4N3O/c28-22-6-1-2-7-24(22)34-10-11-35-23-9-8-19(27(30,31)32)13-18(23)14-21(25(35)16-34)26(36)33-15-17-4-3-5-20(29)12-17/h1-9,12-13,21,25H,10-11,14-16H2,(H,33,36). The van der Waals surface area contributed by atoms with Gasteiger partial charge < -0.3 is 15.1 Å². The number of benzene rings is 3. The Morgan fingerprint density at radius 1 is 1.00 bits per heavy atom. The second-order valence-corrected chi connectivity index (χ2v) is 9.56. The lowest BCUT2D eigenvalue weighted by molar-refractivity contribution is -0.137. The molecule has 0 spiro atoms. The first-order valence-corrected chi connectivity index (χ1v) is 12.1. The molecule has 0 saturated carbocycles. The number of rotatable bonds is 4. The van der Waals surface area contributed by atoms with E-state index in [0.717, 1.165) is 23.5 Å². The van der Waals surface area contributed by atoms with E-state index in [4.69, 9.17) is 11.6 Å². The van der Waals surface area contributed by atoms with Gasteiger partial charge in [-0.05, 0) is 60.0 Å². The molecule has 2 heterocycles. The van der Waals surface area contributed by atoms with Gasteiger partial charge in [-0.25, -0.2) is 4.39 Å². The van der Waals surface area contributed by atoms with Crippen LogP contribution in [0.4, 0.5) is 28.9 Å². The second kappa shape index (κ2) is 9.65. The van der Waals surface area contributed by atoms with Crippen molar-refractivity contribution in [3.05, 3.63) is 94.3 Å². The molecule has 2 aliphatic rings. The minimum Gasteiger partial charge on any atom is -0.366 e. The highest BCUT2D eigenvalue weighted by Crippen LogP contribution is 2.41. The third-order valence-corrected chi connectivity index (χ3v) is 7.24. The number of hydrogen-bond acceptors (Lipinski definition) is 3. The maximum atomic E-state index is 13.6. The van der Waals surface area contributed by atoms with Gasteiger partial charge in [0.15, 0.2) is 0 Å². The van der Waals surface area contributed by atoms with Gasteiger partial charge in [0, 0.05) is 31.9 Å². The van der Waals surface area contributed by atoms with Gasteiger partial charge in [0.2, 0.25) is 5.91 Å². The molecule has 1 fully saturated rings. The largest absolute Gasteiger partial charge is 0.416 e. The molecule has 0 aromatic heterocycles. The number of carbonyl (C=O) groups excluding carboxylic acids is 1. The number of fused-ring (bicyclic) bond motifs is 3. The molecule has 2 unspecified atom stereocenters. The van der Waals surface area contributed by atoms with Crippen molar-refractivity contribution < 1.29 is 22.4 Å². The van der Waals surface area contributed by atoms with Crippen molar-refractivity contribution in [2.24, 2.45) is 5.92 Å². The fraction of sp³-hybridized carbons (Fsp3) is 0.296. The zero-order chi connectivity index (χ0) is 25.4. The number of alkyl halides is 3. The Balaban J connectivity index is 1.45. The minimum atomic E-state index is -4.47. The van der Waals surface area contributed by atoms with E-state index in [1.807, 2.05) is 23.1 Å². The SMILES string of the molecule is O=C(NCc1cccc(F)c1)C1Cc2cc(C(F)(F)F)ccc2N2CCN(c3ccccc3Cl)CC12. The average molecular weight is 518 g/mol. The Labute approximate surface area is 211 Å². The lowest BCUT2D eigenvalue weighted by Crippen LogP contribution is -2.61. The van der Waals surface area contributed by atoms with Crippen LogP contribution in [0.5, 0.6) is 0 Å². The van der Waals surface area contributed by atoms with Crippen molar-refractivity contribution in [2.75, 3.05) is 29.4 Å². The Bertz CT molecular complexity index is 1280. The Morgan fingerprint density at radius 2 is 1.81 bits per heavy atom. The molecule has 4 nitrogen and oxygen atoms in total. The molecule has 1 amide bonds. The number of carbonyl (C=O) groups is 1. The van der Waals surface area contributed by atoms with E-state index in [0.29, 0.717) is 35.8 Å². The van der Waals surface area contributed by atoms with E-state index < -0.39 is 23.5 Å². The van der Waals surface area contributed by atoms with Gasteiger partial charge in [0.1, 0.15) is 5.82 Å². The smallest absolute Gasteiger partial charge is 0.366 e. The highest BCUT2D eigenvalue weighted by molar-refractivity contribution is 6.33. The van der Waals surface area contributed by atoms with Crippen LogP contribution < -0.4 is 15.1 Å². The monoisotopic (exact) mass is 517 g/mol. The average Bonchev–Trinajstić information content (AvgIpc) is 2.86. The summed E-state index contributed by atoms with van der Waals surface area (Å²) in [6.07, 6.45) is -4.30. The van der Waals surface area contributed by atoms with E-state index in [2.05, 4.69) is 10.2 Å². The first-order chi connectivity index (χ1) is 17.2. The van der Waals surface area contributed by atoms with Crippen LogP contribution in [0.2, 0.25) is 5.02 Å². The third-order valence-electron chi connectivity index (χ3n) is 6.92. The highest BCUT2D eigenvalue weighted by Gasteiger charge is 2.43. The van der Waals surface area contributed by atoms with Crippen LogP contribution in [-0.2, 0) is 23.9 Å². The van der Waals surface area contributed by atoms with Gasteiger partial charge in [0.25, 0.3) is 0 Å². The number of amides is 1. The molecule has 2 aliphatic heterocycles.